The van der Waals surface area contributed by atoms with Gasteiger partial charge in [-0.2, -0.15) is 0 Å². The highest BCUT2D eigenvalue weighted by molar-refractivity contribution is 6.08. The van der Waals surface area contributed by atoms with Gasteiger partial charge in [0.2, 0.25) is 0 Å². The van der Waals surface area contributed by atoms with Crippen molar-refractivity contribution in [2.24, 2.45) is 0 Å². The van der Waals surface area contributed by atoms with Crippen molar-refractivity contribution in [2.45, 2.75) is 0 Å². The molecule has 0 aliphatic heterocycles. The van der Waals surface area contributed by atoms with Crippen LogP contribution in [0.1, 0.15) is 10.4 Å². The van der Waals surface area contributed by atoms with Crippen molar-refractivity contribution in [3.05, 3.63) is 59.7 Å². The van der Waals surface area contributed by atoms with Crippen molar-refractivity contribution >= 4 is 17.3 Å². The van der Waals surface area contributed by atoms with E-state index in [0.29, 0.717) is 5.56 Å². The number of para-hydroxylation sites is 1. The second-order valence-electron chi connectivity index (χ2n) is 4.52. The van der Waals surface area contributed by atoms with Crippen molar-refractivity contribution in [1.29, 1.82) is 0 Å². The summed E-state index contributed by atoms with van der Waals surface area (Å²) in [7, 11) is 3.63. The topological polar surface area (TPSA) is 32.3 Å². The zero-order valence-corrected chi connectivity index (χ0v) is 11.2. The van der Waals surface area contributed by atoms with Crippen molar-refractivity contribution in [2.75, 3.05) is 24.3 Å². The van der Waals surface area contributed by atoms with Gasteiger partial charge in [0.15, 0.2) is 0 Å². The summed E-state index contributed by atoms with van der Waals surface area (Å²) in [4.78, 5) is 14.0. The van der Waals surface area contributed by atoms with Crippen LogP contribution >= 0.6 is 0 Å². The van der Waals surface area contributed by atoms with E-state index < -0.39 is 17.5 Å². The SMILES string of the molecule is CN(C)c1ccccc1C(=O)Nc1cc(F)cc(F)c1. The molecule has 0 aromatic heterocycles. The molecule has 0 saturated heterocycles. The number of benzene rings is 2. The lowest BCUT2D eigenvalue weighted by Crippen LogP contribution is -2.18. The maximum absolute atomic E-state index is 13.1. The first kappa shape index (κ1) is 14.0. The molecule has 0 heterocycles. The molecule has 2 rings (SSSR count). The van der Waals surface area contributed by atoms with E-state index >= 15 is 0 Å². The summed E-state index contributed by atoms with van der Waals surface area (Å²) in [6, 6.07) is 9.88. The van der Waals surface area contributed by atoms with Gasteiger partial charge in [-0.05, 0) is 24.3 Å². The van der Waals surface area contributed by atoms with Crippen LogP contribution in [0.15, 0.2) is 42.5 Å². The Morgan fingerprint density at radius 1 is 1.05 bits per heavy atom. The molecule has 0 unspecified atom stereocenters. The van der Waals surface area contributed by atoms with Crippen LogP contribution < -0.4 is 10.2 Å². The molecule has 1 amide bonds. The van der Waals surface area contributed by atoms with Crippen LogP contribution in [0.25, 0.3) is 0 Å². The molecule has 0 fully saturated rings. The lowest BCUT2D eigenvalue weighted by atomic mass is 10.1. The van der Waals surface area contributed by atoms with Crippen LogP contribution in [-0.2, 0) is 0 Å². The number of nitrogens with zero attached hydrogens (tertiary/aromatic N) is 1. The number of amides is 1. The first-order valence-electron chi connectivity index (χ1n) is 6.01. The summed E-state index contributed by atoms with van der Waals surface area (Å²) in [5.41, 5.74) is 1.24. The minimum absolute atomic E-state index is 0.0843. The Hall–Kier alpha value is -2.43. The van der Waals surface area contributed by atoms with Gasteiger partial charge in [0.05, 0.1) is 5.56 Å². The zero-order chi connectivity index (χ0) is 14.7. The average molecular weight is 276 g/mol. The van der Waals surface area contributed by atoms with Crippen molar-refractivity contribution < 1.29 is 13.6 Å². The van der Waals surface area contributed by atoms with Gasteiger partial charge < -0.3 is 10.2 Å². The van der Waals surface area contributed by atoms with Gasteiger partial charge in [-0.1, -0.05) is 12.1 Å². The Morgan fingerprint density at radius 2 is 1.65 bits per heavy atom. The smallest absolute Gasteiger partial charge is 0.257 e. The van der Waals surface area contributed by atoms with Crippen molar-refractivity contribution in [3.63, 3.8) is 0 Å². The molecule has 0 saturated carbocycles. The number of nitrogens with one attached hydrogen (secondary N) is 1. The van der Waals surface area contributed by atoms with Gasteiger partial charge >= 0.3 is 0 Å². The number of rotatable bonds is 3. The highest BCUT2D eigenvalue weighted by atomic mass is 19.1. The van der Waals surface area contributed by atoms with Crippen LogP contribution in [0, 0.1) is 11.6 Å². The van der Waals surface area contributed by atoms with Gasteiger partial charge in [-0.25, -0.2) is 8.78 Å². The van der Waals surface area contributed by atoms with Gasteiger partial charge in [-0.15, -0.1) is 0 Å². The molecule has 3 nitrogen and oxygen atoms in total. The third kappa shape index (κ3) is 3.12. The van der Waals surface area contributed by atoms with E-state index in [4.69, 9.17) is 0 Å². The highest BCUT2D eigenvalue weighted by Crippen LogP contribution is 2.20. The molecular formula is C15H14F2N2O. The van der Waals surface area contributed by atoms with Crippen molar-refractivity contribution in [1.82, 2.24) is 0 Å². The summed E-state index contributed by atoms with van der Waals surface area (Å²) >= 11 is 0. The Bertz CT molecular complexity index is 621. The summed E-state index contributed by atoms with van der Waals surface area (Å²) < 4.78 is 26.2. The molecule has 0 radical (unpaired) electrons. The van der Waals surface area contributed by atoms with Crippen LogP contribution in [0.2, 0.25) is 0 Å². The third-order valence-corrected chi connectivity index (χ3v) is 2.75. The largest absolute Gasteiger partial charge is 0.377 e. The maximum atomic E-state index is 13.1. The first-order chi connectivity index (χ1) is 9.47. The second kappa shape index (κ2) is 5.69. The maximum Gasteiger partial charge on any atom is 0.257 e. The van der Waals surface area contributed by atoms with E-state index in [2.05, 4.69) is 5.32 Å². The van der Waals surface area contributed by atoms with Crippen molar-refractivity contribution in [3.8, 4) is 0 Å². The van der Waals surface area contributed by atoms with Crippen LogP contribution in [0.5, 0.6) is 0 Å². The molecule has 104 valence electrons. The van der Waals surface area contributed by atoms with Gasteiger partial charge in [0, 0.05) is 31.5 Å². The van der Waals surface area contributed by atoms with Gasteiger partial charge in [-0.3, -0.25) is 4.79 Å². The molecular weight excluding hydrogens is 262 g/mol. The molecule has 5 heteroatoms. The molecule has 20 heavy (non-hydrogen) atoms. The first-order valence-corrected chi connectivity index (χ1v) is 6.01. The Balaban J connectivity index is 2.28. The molecule has 0 aliphatic rings. The molecule has 1 N–H and O–H groups in total. The Morgan fingerprint density at radius 3 is 2.25 bits per heavy atom. The fourth-order valence-electron chi connectivity index (χ4n) is 1.88. The molecule has 0 atom stereocenters. The number of hydrogen-bond acceptors (Lipinski definition) is 2. The van der Waals surface area contributed by atoms with E-state index in [9.17, 15) is 13.6 Å². The number of carbonyl (C=O) groups excluding carboxylic acids is 1. The highest BCUT2D eigenvalue weighted by Gasteiger charge is 2.13. The fourth-order valence-corrected chi connectivity index (χ4v) is 1.88. The minimum atomic E-state index is -0.735. The molecule has 2 aromatic carbocycles. The van der Waals surface area contributed by atoms with E-state index in [0.717, 1.165) is 23.9 Å². The summed E-state index contributed by atoms with van der Waals surface area (Å²) in [5, 5.41) is 2.49. The molecule has 2 aromatic rings. The third-order valence-electron chi connectivity index (χ3n) is 2.75. The Kier molecular flexibility index (Phi) is 3.98. The molecule has 0 spiro atoms. The van der Waals surface area contributed by atoms with E-state index in [1.165, 1.54) is 0 Å². The normalized spacial score (nSPS) is 10.2. The van der Waals surface area contributed by atoms with Gasteiger partial charge in [0.1, 0.15) is 11.6 Å². The summed E-state index contributed by atoms with van der Waals surface area (Å²) in [6.45, 7) is 0. The van der Waals surface area contributed by atoms with Gasteiger partial charge in [0.25, 0.3) is 5.91 Å². The van der Waals surface area contributed by atoms with Crippen LogP contribution in [0.3, 0.4) is 0 Å². The van der Waals surface area contributed by atoms with Crippen LogP contribution in [-0.4, -0.2) is 20.0 Å². The molecule has 0 bridgehead atoms. The average Bonchev–Trinajstić information content (AvgIpc) is 2.37. The summed E-state index contributed by atoms with van der Waals surface area (Å²) in [6.07, 6.45) is 0. The van der Waals surface area contributed by atoms with E-state index in [1.807, 2.05) is 20.2 Å². The Labute approximate surface area is 115 Å². The fraction of sp³-hybridized carbons (Fsp3) is 0.133. The predicted octanol–water partition coefficient (Wildman–Crippen LogP) is 3.28. The zero-order valence-electron chi connectivity index (χ0n) is 11.2. The number of carbonyl (C=O) groups is 1. The monoisotopic (exact) mass is 276 g/mol. The van der Waals surface area contributed by atoms with Crippen LogP contribution in [0.4, 0.5) is 20.2 Å². The predicted molar refractivity (Wildman–Crippen MR) is 75.1 cm³/mol. The standard InChI is InChI=1S/C15H14F2N2O/c1-19(2)14-6-4-3-5-13(14)15(20)18-12-8-10(16)7-11(17)9-12/h3-9H,1-2H3,(H,18,20). The lowest BCUT2D eigenvalue weighted by molar-refractivity contribution is 0.102. The van der Waals surface area contributed by atoms with E-state index in [1.54, 1.807) is 23.1 Å². The van der Waals surface area contributed by atoms with E-state index in [-0.39, 0.29) is 5.69 Å². The quantitative estimate of drug-likeness (QED) is 0.933. The number of anilines is 2. The minimum Gasteiger partial charge on any atom is -0.377 e. The number of hydrogen-bond donors (Lipinski definition) is 1. The lowest BCUT2D eigenvalue weighted by Gasteiger charge is -2.17. The summed E-state index contributed by atoms with van der Waals surface area (Å²) in [5.74, 6) is -1.89. The number of halogens is 2. The molecule has 0 aliphatic carbocycles. The second-order valence-corrected chi connectivity index (χ2v) is 4.52.